The zero-order chi connectivity index (χ0) is 52.4. The van der Waals surface area contributed by atoms with E-state index in [4.69, 9.17) is 18.9 Å². The first-order chi connectivity index (χ1) is 33.7. The lowest BCUT2D eigenvalue weighted by Gasteiger charge is -2.37. The summed E-state index contributed by atoms with van der Waals surface area (Å²) in [6, 6.07) is 22.4. The van der Waals surface area contributed by atoms with Crippen LogP contribution >= 0.6 is 0 Å². The van der Waals surface area contributed by atoms with E-state index < -0.39 is 96.2 Å². The number of aliphatic carboxylic acids is 1. The second kappa shape index (κ2) is 27.7. The molecule has 0 saturated carbocycles. The number of ether oxygens (including phenoxy) is 4. The SMILES string of the molecule is CN[C@@H](CC(C)C)C(=O)O[C@H](Cc1ccccc1)C(=O)N(C)[C@@H](Cc1ccccc1)C(=O)O[C@H](C)C(=O)N(C)[C@@H](CC(C)C)C(=O)O[C@H](Cc1ccccc1)C(=O)N1CCCC[C@H]1C(=O)O[C@H](C)C(=O)O. The number of carboxylic acids is 1. The molecule has 1 heterocycles. The van der Waals surface area contributed by atoms with E-state index >= 15 is 0 Å². The Morgan fingerprint density at radius 2 is 1.07 bits per heavy atom. The minimum absolute atomic E-state index is 0.0169. The second-order valence-corrected chi connectivity index (χ2v) is 19.0. The first-order valence-electron chi connectivity index (χ1n) is 24.4. The van der Waals surface area contributed by atoms with Crippen molar-refractivity contribution in [1.82, 2.24) is 20.0 Å². The van der Waals surface area contributed by atoms with Crippen LogP contribution in [-0.2, 0) is 76.6 Å². The zero-order valence-electron chi connectivity index (χ0n) is 42.5. The molecule has 71 heavy (non-hydrogen) atoms. The van der Waals surface area contributed by atoms with E-state index in [-0.39, 0.29) is 50.5 Å². The largest absolute Gasteiger partial charge is 0.479 e. The van der Waals surface area contributed by atoms with Crippen molar-refractivity contribution < 1.29 is 62.4 Å². The summed E-state index contributed by atoms with van der Waals surface area (Å²) in [6.07, 6.45) is -3.96. The van der Waals surface area contributed by atoms with Crippen LogP contribution < -0.4 is 5.32 Å². The normalized spacial score (nSPS) is 16.5. The van der Waals surface area contributed by atoms with Gasteiger partial charge >= 0.3 is 29.8 Å². The summed E-state index contributed by atoms with van der Waals surface area (Å²) in [5.74, 6) is -6.87. The zero-order valence-corrected chi connectivity index (χ0v) is 42.5. The standard InChI is InChI=1S/C54H72N4O13/c1-34(2)29-41(55-7)51(64)70-45(32-39-23-15-11-16-24-39)48(60)57(9)44(31-38-21-13-10-14-22-38)53(66)68-36(5)47(59)56(8)43(30-35(3)4)54(67)71-46(33-40-25-17-12-18-26-40)49(61)58-28-20-19-27-42(58)52(65)69-37(6)50(62)63/h10-18,21-26,34-37,41-46,55H,19-20,27-33H2,1-9H3,(H,62,63)/t36-,37-,41+,42+,43+,44+,45-,46-/m1/s1. The molecule has 3 amide bonds. The molecular formula is C54H72N4O13. The molecule has 1 fully saturated rings. The fraction of sp³-hybridized carbons (Fsp3) is 0.519. The molecule has 17 heteroatoms. The number of likely N-dealkylation sites (N-methyl/N-ethyl adjacent to an activating group) is 3. The van der Waals surface area contributed by atoms with Crippen LogP contribution in [0.4, 0.5) is 0 Å². The van der Waals surface area contributed by atoms with Crippen LogP contribution in [0.25, 0.3) is 0 Å². The molecule has 0 radical (unpaired) electrons. The molecule has 1 aliphatic heterocycles. The van der Waals surface area contributed by atoms with Gasteiger partial charge in [0.1, 0.15) is 24.2 Å². The molecule has 4 rings (SSSR count). The van der Waals surface area contributed by atoms with Gasteiger partial charge in [0.15, 0.2) is 24.4 Å². The molecule has 1 aliphatic rings. The summed E-state index contributed by atoms with van der Waals surface area (Å²) in [5, 5.41) is 12.4. The Hall–Kier alpha value is -6.62. The third-order valence-electron chi connectivity index (χ3n) is 12.4. The highest BCUT2D eigenvalue weighted by atomic mass is 16.6. The van der Waals surface area contributed by atoms with E-state index in [9.17, 15) is 43.5 Å². The molecular weight excluding hydrogens is 913 g/mol. The Morgan fingerprint density at radius 1 is 0.592 bits per heavy atom. The predicted octanol–water partition coefficient (Wildman–Crippen LogP) is 5.20. The summed E-state index contributed by atoms with van der Waals surface area (Å²) < 4.78 is 23.0. The fourth-order valence-electron chi connectivity index (χ4n) is 8.39. The van der Waals surface area contributed by atoms with Gasteiger partial charge in [0.05, 0.1) is 0 Å². The number of likely N-dealkylation sites (tertiary alicyclic amines) is 1. The van der Waals surface area contributed by atoms with Gasteiger partial charge in [-0.05, 0) is 81.5 Å². The molecule has 0 bridgehead atoms. The maximum Gasteiger partial charge on any atom is 0.344 e. The Morgan fingerprint density at radius 3 is 1.58 bits per heavy atom. The number of nitrogens with zero attached hydrogens (tertiary/aromatic N) is 3. The number of esters is 4. The van der Waals surface area contributed by atoms with Crippen molar-refractivity contribution >= 4 is 47.6 Å². The van der Waals surface area contributed by atoms with Crippen molar-refractivity contribution in [1.29, 1.82) is 0 Å². The number of carbonyl (C=O) groups is 8. The third kappa shape index (κ3) is 17.0. The monoisotopic (exact) mass is 985 g/mol. The molecule has 0 unspecified atom stereocenters. The highest BCUT2D eigenvalue weighted by molar-refractivity contribution is 5.93. The van der Waals surface area contributed by atoms with Crippen LogP contribution in [-0.4, -0.2) is 144 Å². The number of amides is 3. The number of hydrogen-bond donors (Lipinski definition) is 2. The molecule has 0 aliphatic carbocycles. The van der Waals surface area contributed by atoms with Crippen LogP contribution in [0.5, 0.6) is 0 Å². The summed E-state index contributed by atoms with van der Waals surface area (Å²) in [6.45, 7) is 10.3. The molecule has 8 atom stereocenters. The average Bonchev–Trinajstić information content (AvgIpc) is 3.35. The van der Waals surface area contributed by atoms with Crippen molar-refractivity contribution in [2.45, 2.75) is 141 Å². The maximum atomic E-state index is 14.5. The molecule has 0 spiro atoms. The Labute approximate surface area is 417 Å². The smallest absolute Gasteiger partial charge is 0.344 e. The number of nitrogens with one attached hydrogen (secondary N) is 1. The average molecular weight is 985 g/mol. The fourth-order valence-corrected chi connectivity index (χ4v) is 8.39. The van der Waals surface area contributed by atoms with Gasteiger partial charge in [0, 0.05) is 39.9 Å². The Kier molecular flexibility index (Phi) is 22.2. The van der Waals surface area contributed by atoms with Crippen LogP contribution in [0.15, 0.2) is 91.0 Å². The predicted molar refractivity (Wildman–Crippen MR) is 263 cm³/mol. The molecule has 2 N–H and O–H groups in total. The van der Waals surface area contributed by atoms with E-state index in [0.717, 1.165) is 10.5 Å². The highest BCUT2D eigenvalue weighted by Gasteiger charge is 2.42. The molecule has 17 nitrogen and oxygen atoms in total. The van der Waals surface area contributed by atoms with E-state index in [2.05, 4.69) is 5.32 Å². The minimum Gasteiger partial charge on any atom is -0.479 e. The molecule has 386 valence electrons. The summed E-state index contributed by atoms with van der Waals surface area (Å²) in [5.41, 5.74) is 2.04. The number of hydrogen-bond acceptors (Lipinski definition) is 13. The van der Waals surface area contributed by atoms with Gasteiger partial charge in [-0.2, -0.15) is 0 Å². The molecule has 3 aromatic carbocycles. The number of carbonyl (C=O) groups excluding carboxylic acids is 7. The minimum atomic E-state index is -1.49. The lowest BCUT2D eigenvalue weighted by molar-refractivity contribution is -0.175. The van der Waals surface area contributed by atoms with Crippen LogP contribution in [0.2, 0.25) is 0 Å². The van der Waals surface area contributed by atoms with Crippen LogP contribution in [0, 0.1) is 11.8 Å². The number of carboxylic acid groups (broad SMARTS) is 1. The first kappa shape index (κ1) is 57.0. The molecule has 3 aromatic rings. The second-order valence-electron chi connectivity index (χ2n) is 19.0. The first-order valence-corrected chi connectivity index (χ1v) is 24.4. The van der Waals surface area contributed by atoms with Gasteiger partial charge in [-0.15, -0.1) is 0 Å². The van der Waals surface area contributed by atoms with Crippen molar-refractivity contribution in [2.75, 3.05) is 27.7 Å². The van der Waals surface area contributed by atoms with Gasteiger partial charge in [-0.3, -0.25) is 19.2 Å². The van der Waals surface area contributed by atoms with Gasteiger partial charge in [0.25, 0.3) is 17.7 Å². The number of benzene rings is 3. The molecule has 1 saturated heterocycles. The quantitative estimate of drug-likeness (QED) is 0.0825. The van der Waals surface area contributed by atoms with Crippen LogP contribution in [0.1, 0.15) is 90.3 Å². The third-order valence-corrected chi connectivity index (χ3v) is 12.4. The number of rotatable bonds is 25. The van der Waals surface area contributed by atoms with Crippen molar-refractivity contribution in [2.24, 2.45) is 11.8 Å². The topological polar surface area (TPSA) is 215 Å². The summed E-state index contributed by atoms with van der Waals surface area (Å²) in [7, 11) is 4.42. The van der Waals surface area contributed by atoms with E-state index in [0.29, 0.717) is 30.4 Å². The Bertz CT molecular complexity index is 2240. The van der Waals surface area contributed by atoms with E-state index in [1.54, 1.807) is 92.0 Å². The maximum absolute atomic E-state index is 14.5. The van der Waals surface area contributed by atoms with Crippen molar-refractivity contribution in [3.8, 4) is 0 Å². The Balaban J connectivity index is 1.60. The summed E-state index contributed by atoms with van der Waals surface area (Å²) in [4.78, 5) is 114. The number of piperidine rings is 1. The van der Waals surface area contributed by atoms with Gasteiger partial charge in [-0.1, -0.05) is 119 Å². The van der Waals surface area contributed by atoms with Gasteiger partial charge in [0.2, 0.25) is 0 Å². The van der Waals surface area contributed by atoms with Gasteiger partial charge in [-0.25, -0.2) is 19.2 Å². The van der Waals surface area contributed by atoms with Crippen molar-refractivity contribution in [3.63, 3.8) is 0 Å². The van der Waals surface area contributed by atoms with Gasteiger partial charge < -0.3 is 44.1 Å². The van der Waals surface area contributed by atoms with E-state index in [1.165, 1.54) is 37.7 Å². The van der Waals surface area contributed by atoms with Crippen LogP contribution in [0.3, 0.4) is 0 Å². The lowest BCUT2D eigenvalue weighted by Crippen LogP contribution is -2.55. The lowest BCUT2D eigenvalue weighted by atomic mass is 9.99. The summed E-state index contributed by atoms with van der Waals surface area (Å²) >= 11 is 0. The molecule has 0 aromatic heterocycles. The highest BCUT2D eigenvalue weighted by Crippen LogP contribution is 2.24. The van der Waals surface area contributed by atoms with Crippen molar-refractivity contribution in [3.05, 3.63) is 108 Å². The van der Waals surface area contributed by atoms with E-state index in [1.807, 2.05) is 33.8 Å².